The minimum Gasteiger partial charge on any atom is -0.340 e. The number of carbonyl (C=O) groups is 1. The maximum absolute atomic E-state index is 12.2. The van der Waals surface area contributed by atoms with Crippen LogP contribution in [0.4, 0.5) is 0 Å². The Labute approximate surface area is 129 Å². The highest BCUT2D eigenvalue weighted by atomic mass is 35.5. The number of Topliss-reactive ketones (excluding diaryl/α,β-unsaturated/α-hetero) is 1. The van der Waals surface area contributed by atoms with Gasteiger partial charge in [0, 0.05) is 22.5 Å². The Morgan fingerprint density at radius 3 is 2.38 bits per heavy atom. The third kappa shape index (κ3) is 2.26. The number of halogens is 1. The maximum Gasteiger partial charge on any atom is 0.162 e. The summed E-state index contributed by atoms with van der Waals surface area (Å²) in [7, 11) is 0. The van der Waals surface area contributed by atoms with Crippen LogP contribution in [0.2, 0.25) is 5.02 Å². The summed E-state index contributed by atoms with van der Waals surface area (Å²) in [6.07, 6.45) is 0. The molecule has 0 fully saturated rings. The summed E-state index contributed by atoms with van der Waals surface area (Å²) in [6, 6.07) is 15.7. The van der Waals surface area contributed by atoms with Gasteiger partial charge >= 0.3 is 0 Å². The van der Waals surface area contributed by atoms with Gasteiger partial charge in [0.2, 0.25) is 0 Å². The van der Waals surface area contributed by atoms with Crippen LogP contribution in [0.15, 0.2) is 48.5 Å². The molecule has 0 amide bonds. The second kappa shape index (κ2) is 5.38. The summed E-state index contributed by atoms with van der Waals surface area (Å²) in [5.41, 5.74) is 3.87. The third-order valence-electron chi connectivity index (χ3n) is 3.76. The fraction of sp³-hybridized carbons (Fsp3) is 0.167. The number of ketones is 1. The number of benzene rings is 2. The van der Waals surface area contributed by atoms with Gasteiger partial charge in [-0.2, -0.15) is 0 Å². The second-order valence-corrected chi connectivity index (χ2v) is 5.48. The highest BCUT2D eigenvalue weighted by Gasteiger charge is 2.20. The van der Waals surface area contributed by atoms with Crippen molar-refractivity contribution in [1.82, 2.24) is 4.57 Å². The van der Waals surface area contributed by atoms with Gasteiger partial charge < -0.3 is 4.57 Å². The van der Waals surface area contributed by atoms with Crippen LogP contribution in [-0.2, 0) is 6.54 Å². The first kappa shape index (κ1) is 13.9. The van der Waals surface area contributed by atoms with E-state index in [1.807, 2.05) is 42.5 Å². The lowest BCUT2D eigenvalue weighted by molar-refractivity contribution is 0.101. The van der Waals surface area contributed by atoms with Crippen molar-refractivity contribution in [2.75, 3.05) is 0 Å². The van der Waals surface area contributed by atoms with E-state index in [2.05, 4.69) is 17.6 Å². The van der Waals surface area contributed by atoms with Crippen LogP contribution in [0, 0.1) is 0 Å². The lowest BCUT2D eigenvalue weighted by atomic mass is 10.0. The molecule has 0 radical (unpaired) electrons. The molecule has 3 heteroatoms. The number of rotatable bonds is 3. The summed E-state index contributed by atoms with van der Waals surface area (Å²) in [6.45, 7) is 4.53. The predicted molar refractivity (Wildman–Crippen MR) is 88.1 cm³/mol. The van der Waals surface area contributed by atoms with Gasteiger partial charge in [-0.15, -0.1) is 0 Å². The molecule has 0 bridgehead atoms. The largest absolute Gasteiger partial charge is 0.340 e. The van der Waals surface area contributed by atoms with E-state index in [1.54, 1.807) is 6.92 Å². The van der Waals surface area contributed by atoms with Gasteiger partial charge in [0.05, 0.1) is 11.3 Å². The Balaban J connectivity index is 2.42. The first-order valence-electron chi connectivity index (χ1n) is 7.01. The molecule has 0 saturated heterocycles. The highest BCUT2D eigenvalue weighted by Crippen LogP contribution is 2.34. The Morgan fingerprint density at radius 1 is 1.10 bits per heavy atom. The molecular weight excluding hydrogens is 282 g/mol. The van der Waals surface area contributed by atoms with Crippen LogP contribution in [0.5, 0.6) is 0 Å². The number of hydrogen-bond acceptors (Lipinski definition) is 1. The minimum absolute atomic E-state index is 0.0864. The van der Waals surface area contributed by atoms with E-state index in [0.717, 1.165) is 34.3 Å². The molecule has 0 unspecified atom stereocenters. The molecule has 2 aromatic carbocycles. The molecule has 3 rings (SSSR count). The number of aromatic nitrogens is 1. The Bertz CT molecular complexity index is 815. The van der Waals surface area contributed by atoms with Crippen LogP contribution in [0.3, 0.4) is 0 Å². The second-order valence-electron chi connectivity index (χ2n) is 5.05. The summed E-state index contributed by atoms with van der Waals surface area (Å²) >= 11 is 5.98. The summed E-state index contributed by atoms with van der Waals surface area (Å²) < 4.78 is 2.19. The number of carbonyl (C=O) groups excluding carboxylic acids is 1. The van der Waals surface area contributed by atoms with Crippen molar-refractivity contribution in [3.63, 3.8) is 0 Å². The molecule has 106 valence electrons. The Morgan fingerprint density at radius 2 is 1.76 bits per heavy atom. The molecule has 0 aliphatic heterocycles. The molecule has 0 saturated carbocycles. The summed E-state index contributed by atoms with van der Waals surface area (Å²) in [5, 5.41) is 1.71. The van der Waals surface area contributed by atoms with Gasteiger partial charge in [-0.25, -0.2) is 0 Å². The quantitative estimate of drug-likeness (QED) is 0.610. The number of fused-ring (bicyclic) bond motifs is 1. The lowest BCUT2D eigenvalue weighted by Gasteiger charge is -2.09. The van der Waals surface area contributed by atoms with E-state index in [-0.39, 0.29) is 5.78 Å². The van der Waals surface area contributed by atoms with Crippen molar-refractivity contribution in [1.29, 1.82) is 0 Å². The van der Waals surface area contributed by atoms with E-state index < -0.39 is 0 Å². The standard InChI is InChI=1S/C18H16ClNO/c1-3-20-16-7-5-4-6-15(16)17(12(2)21)18(20)13-8-10-14(19)11-9-13/h4-11H,3H2,1-2H3. The number of nitrogens with zero attached hydrogens (tertiary/aromatic N) is 1. The molecule has 3 aromatic rings. The molecule has 1 heterocycles. The molecular formula is C18H16ClNO. The van der Waals surface area contributed by atoms with Gasteiger partial charge in [0.1, 0.15) is 0 Å². The Hall–Kier alpha value is -2.06. The fourth-order valence-electron chi connectivity index (χ4n) is 2.90. The van der Waals surface area contributed by atoms with Crippen molar-refractivity contribution in [2.45, 2.75) is 20.4 Å². The van der Waals surface area contributed by atoms with E-state index in [4.69, 9.17) is 11.6 Å². The van der Waals surface area contributed by atoms with Crippen LogP contribution in [0.25, 0.3) is 22.2 Å². The minimum atomic E-state index is 0.0864. The van der Waals surface area contributed by atoms with Gasteiger partial charge in [0.25, 0.3) is 0 Å². The molecule has 2 nitrogen and oxygen atoms in total. The smallest absolute Gasteiger partial charge is 0.162 e. The molecule has 0 aliphatic carbocycles. The zero-order valence-corrected chi connectivity index (χ0v) is 12.8. The lowest BCUT2D eigenvalue weighted by Crippen LogP contribution is -2.00. The zero-order chi connectivity index (χ0) is 15.0. The van der Waals surface area contributed by atoms with E-state index in [1.165, 1.54) is 0 Å². The molecule has 0 aliphatic rings. The summed E-state index contributed by atoms with van der Waals surface area (Å²) in [4.78, 5) is 12.2. The molecule has 21 heavy (non-hydrogen) atoms. The third-order valence-corrected chi connectivity index (χ3v) is 4.01. The first-order valence-corrected chi connectivity index (χ1v) is 7.39. The van der Waals surface area contributed by atoms with Crippen molar-refractivity contribution in [3.05, 3.63) is 59.1 Å². The van der Waals surface area contributed by atoms with Crippen LogP contribution >= 0.6 is 11.6 Å². The van der Waals surface area contributed by atoms with Crippen molar-refractivity contribution in [3.8, 4) is 11.3 Å². The fourth-order valence-corrected chi connectivity index (χ4v) is 3.02. The average molecular weight is 298 g/mol. The van der Waals surface area contributed by atoms with Gasteiger partial charge in [0.15, 0.2) is 5.78 Å². The monoisotopic (exact) mass is 297 g/mol. The van der Waals surface area contributed by atoms with Crippen molar-refractivity contribution < 1.29 is 4.79 Å². The molecule has 1 aromatic heterocycles. The van der Waals surface area contributed by atoms with Crippen LogP contribution in [-0.4, -0.2) is 10.4 Å². The number of hydrogen-bond donors (Lipinski definition) is 0. The molecule has 0 N–H and O–H groups in total. The topological polar surface area (TPSA) is 22.0 Å². The Kier molecular flexibility index (Phi) is 3.56. The van der Waals surface area contributed by atoms with E-state index >= 15 is 0 Å². The number of para-hydroxylation sites is 1. The summed E-state index contributed by atoms with van der Waals surface area (Å²) in [5.74, 6) is 0.0864. The van der Waals surface area contributed by atoms with Crippen molar-refractivity contribution >= 4 is 28.3 Å². The highest BCUT2D eigenvalue weighted by molar-refractivity contribution is 6.30. The van der Waals surface area contributed by atoms with Crippen molar-refractivity contribution in [2.24, 2.45) is 0 Å². The van der Waals surface area contributed by atoms with Crippen LogP contribution in [0.1, 0.15) is 24.2 Å². The maximum atomic E-state index is 12.2. The van der Waals surface area contributed by atoms with Crippen LogP contribution < -0.4 is 0 Å². The van der Waals surface area contributed by atoms with E-state index in [0.29, 0.717) is 5.02 Å². The van der Waals surface area contributed by atoms with E-state index in [9.17, 15) is 4.79 Å². The van der Waals surface area contributed by atoms with Gasteiger partial charge in [-0.05, 0) is 37.6 Å². The predicted octanol–water partition coefficient (Wildman–Crippen LogP) is 5.18. The normalized spacial score (nSPS) is 11.0. The molecule has 0 atom stereocenters. The molecule has 0 spiro atoms. The first-order chi connectivity index (χ1) is 10.1. The zero-order valence-electron chi connectivity index (χ0n) is 12.1. The SMILES string of the molecule is CCn1c(-c2ccc(Cl)cc2)c(C(C)=O)c2ccccc21. The van der Waals surface area contributed by atoms with Gasteiger partial charge in [-0.1, -0.05) is 41.9 Å². The van der Waals surface area contributed by atoms with Gasteiger partial charge in [-0.3, -0.25) is 4.79 Å². The average Bonchev–Trinajstić information content (AvgIpc) is 2.82. The number of aryl methyl sites for hydroxylation is 1.